The van der Waals surface area contributed by atoms with Crippen LogP contribution in [0.1, 0.15) is 45.4 Å². The smallest absolute Gasteiger partial charge is 0.315 e. The van der Waals surface area contributed by atoms with Crippen LogP contribution in [0.4, 0.5) is 0 Å². The Morgan fingerprint density at radius 2 is 2.16 bits per heavy atom. The molecular weight excluding hydrogens is 240 g/mol. The van der Waals surface area contributed by atoms with Gasteiger partial charge in [0.05, 0.1) is 12.2 Å². The van der Waals surface area contributed by atoms with Gasteiger partial charge in [-0.05, 0) is 44.6 Å². The normalized spacial score (nSPS) is 23.5. The maximum Gasteiger partial charge on any atom is 0.315 e. The van der Waals surface area contributed by atoms with Crippen molar-refractivity contribution in [2.75, 3.05) is 6.61 Å². The summed E-state index contributed by atoms with van der Waals surface area (Å²) in [5.74, 6) is -0.769. The molecule has 0 aliphatic heterocycles. The Hall–Kier alpha value is -1.76. The Bertz CT molecular complexity index is 483. The average molecular weight is 260 g/mol. The van der Waals surface area contributed by atoms with E-state index >= 15 is 0 Å². The molecule has 2 aliphatic rings. The van der Waals surface area contributed by atoms with Crippen LogP contribution < -0.4 is 5.73 Å². The number of ether oxygens (including phenoxy) is 1. The molecule has 0 unspecified atom stereocenters. The van der Waals surface area contributed by atoms with Crippen molar-refractivity contribution in [1.82, 2.24) is 0 Å². The Morgan fingerprint density at radius 1 is 1.42 bits per heavy atom. The van der Waals surface area contributed by atoms with Crippen LogP contribution in [0.2, 0.25) is 0 Å². The summed E-state index contributed by atoms with van der Waals surface area (Å²) >= 11 is 0. The van der Waals surface area contributed by atoms with Gasteiger partial charge in [-0.25, -0.2) is 0 Å². The van der Waals surface area contributed by atoms with E-state index in [1.165, 1.54) is 12.0 Å². The van der Waals surface area contributed by atoms with Crippen molar-refractivity contribution in [1.29, 1.82) is 5.26 Å². The van der Waals surface area contributed by atoms with E-state index in [4.69, 9.17) is 10.5 Å². The first-order valence-corrected chi connectivity index (χ1v) is 6.96. The third kappa shape index (κ3) is 2.65. The summed E-state index contributed by atoms with van der Waals surface area (Å²) in [7, 11) is 0. The Morgan fingerprint density at radius 3 is 2.84 bits per heavy atom. The molecule has 102 valence electrons. The van der Waals surface area contributed by atoms with Crippen molar-refractivity contribution >= 4 is 5.97 Å². The van der Waals surface area contributed by atoms with Crippen LogP contribution in [-0.4, -0.2) is 12.6 Å². The van der Waals surface area contributed by atoms with Crippen LogP contribution in [0.5, 0.6) is 0 Å². The largest absolute Gasteiger partial charge is 0.465 e. The molecule has 2 N–H and O–H groups in total. The zero-order chi connectivity index (χ0) is 13.8. The number of nitriles is 1. The number of carbonyl (C=O) groups excluding carboxylic acids is 1. The number of rotatable bonds is 2. The van der Waals surface area contributed by atoms with E-state index in [1.54, 1.807) is 6.92 Å². The van der Waals surface area contributed by atoms with Gasteiger partial charge in [-0.3, -0.25) is 4.79 Å². The minimum absolute atomic E-state index is 0.302. The van der Waals surface area contributed by atoms with E-state index in [1.807, 2.05) is 0 Å². The molecule has 0 fully saturated rings. The second-order valence-corrected chi connectivity index (χ2v) is 5.09. The average Bonchev–Trinajstić information content (AvgIpc) is 2.63. The lowest BCUT2D eigenvalue weighted by atomic mass is 9.80. The maximum absolute atomic E-state index is 12.0. The lowest BCUT2D eigenvalue weighted by Gasteiger charge is -2.26. The molecule has 0 aromatic rings. The summed E-state index contributed by atoms with van der Waals surface area (Å²) in [4.78, 5) is 12.0. The quantitative estimate of drug-likeness (QED) is 0.774. The number of nitrogens with two attached hydrogens (primary N) is 1. The van der Waals surface area contributed by atoms with Gasteiger partial charge in [-0.1, -0.05) is 12.0 Å². The van der Waals surface area contributed by atoms with E-state index in [0.717, 1.165) is 31.3 Å². The standard InChI is InChI=1S/C15H20N2O2/c1-2-19-15(18)12-8-10-6-4-3-5-7-11(10)13(9-16)14(12)17/h12H,2-8,17H2,1H3/t12-/m1/s1. The molecule has 0 amide bonds. The fourth-order valence-corrected chi connectivity index (χ4v) is 2.96. The molecule has 2 rings (SSSR count). The fourth-order valence-electron chi connectivity index (χ4n) is 2.96. The second kappa shape index (κ2) is 5.92. The van der Waals surface area contributed by atoms with E-state index < -0.39 is 5.92 Å². The Kier molecular flexibility index (Phi) is 4.26. The predicted octanol–water partition coefficient (Wildman–Crippen LogP) is 2.57. The molecule has 2 aliphatic carbocycles. The summed E-state index contributed by atoms with van der Waals surface area (Å²) in [6.07, 6.45) is 5.92. The van der Waals surface area contributed by atoms with Crippen molar-refractivity contribution < 1.29 is 9.53 Å². The number of allylic oxidation sites excluding steroid dienone is 3. The maximum atomic E-state index is 12.0. The van der Waals surface area contributed by atoms with Crippen LogP contribution in [0.25, 0.3) is 0 Å². The molecule has 0 spiro atoms. The first kappa shape index (κ1) is 13.7. The topological polar surface area (TPSA) is 76.1 Å². The highest BCUT2D eigenvalue weighted by Crippen LogP contribution is 2.39. The van der Waals surface area contributed by atoms with Gasteiger partial charge in [-0.15, -0.1) is 0 Å². The highest BCUT2D eigenvalue weighted by atomic mass is 16.5. The number of nitrogens with zero attached hydrogens (tertiary/aromatic N) is 1. The number of hydrogen-bond acceptors (Lipinski definition) is 4. The van der Waals surface area contributed by atoms with Crippen LogP contribution in [-0.2, 0) is 9.53 Å². The third-order valence-corrected chi connectivity index (χ3v) is 3.93. The van der Waals surface area contributed by atoms with Crippen LogP contribution in [0.3, 0.4) is 0 Å². The first-order valence-electron chi connectivity index (χ1n) is 6.96. The van der Waals surface area contributed by atoms with Gasteiger partial charge in [0.1, 0.15) is 12.0 Å². The van der Waals surface area contributed by atoms with Gasteiger partial charge in [0.2, 0.25) is 0 Å². The molecule has 0 saturated heterocycles. The van der Waals surface area contributed by atoms with E-state index in [2.05, 4.69) is 6.07 Å². The zero-order valence-corrected chi connectivity index (χ0v) is 11.4. The van der Waals surface area contributed by atoms with Gasteiger partial charge in [0, 0.05) is 5.70 Å². The molecule has 1 atom stereocenters. The lowest BCUT2D eigenvalue weighted by molar-refractivity contribution is -0.146. The van der Waals surface area contributed by atoms with E-state index in [9.17, 15) is 10.1 Å². The van der Waals surface area contributed by atoms with Gasteiger partial charge < -0.3 is 10.5 Å². The minimum Gasteiger partial charge on any atom is -0.465 e. The number of hydrogen-bond donors (Lipinski definition) is 1. The van der Waals surface area contributed by atoms with Crippen molar-refractivity contribution in [3.63, 3.8) is 0 Å². The predicted molar refractivity (Wildman–Crippen MR) is 71.7 cm³/mol. The summed E-state index contributed by atoms with van der Waals surface area (Å²) in [6.45, 7) is 2.12. The molecule has 0 heterocycles. The van der Waals surface area contributed by atoms with Gasteiger partial charge in [-0.2, -0.15) is 5.26 Å². The Balaban J connectivity index is 2.35. The highest BCUT2D eigenvalue weighted by molar-refractivity contribution is 5.78. The second-order valence-electron chi connectivity index (χ2n) is 5.09. The summed E-state index contributed by atoms with van der Waals surface area (Å²) < 4.78 is 5.07. The van der Waals surface area contributed by atoms with Crippen LogP contribution in [0.15, 0.2) is 22.4 Å². The van der Waals surface area contributed by atoms with Crippen molar-refractivity contribution in [2.45, 2.75) is 45.4 Å². The number of carbonyl (C=O) groups is 1. The molecular formula is C15H20N2O2. The summed E-state index contributed by atoms with van der Waals surface area (Å²) in [5, 5.41) is 9.35. The monoisotopic (exact) mass is 260 g/mol. The number of esters is 1. The van der Waals surface area contributed by atoms with E-state index in [0.29, 0.717) is 24.3 Å². The molecule has 4 nitrogen and oxygen atoms in total. The van der Waals surface area contributed by atoms with Crippen LogP contribution in [0, 0.1) is 17.2 Å². The molecule has 0 saturated carbocycles. The molecule has 4 heteroatoms. The van der Waals surface area contributed by atoms with E-state index in [-0.39, 0.29) is 5.97 Å². The van der Waals surface area contributed by atoms with Gasteiger partial charge in [0.25, 0.3) is 0 Å². The SMILES string of the molecule is CCOC(=O)[C@@H]1CC2=C(CCCCC2)C(C#N)=C1N. The third-order valence-electron chi connectivity index (χ3n) is 3.93. The Labute approximate surface area is 113 Å². The molecule has 0 radical (unpaired) electrons. The molecule has 0 aromatic carbocycles. The lowest BCUT2D eigenvalue weighted by Crippen LogP contribution is -2.29. The van der Waals surface area contributed by atoms with Crippen molar-refractivity contribution in [3.05, 3.63) is 22.4 Å². The highest BCUT2D eigenvalue weighted by Gasteiger charge is 2.33. The first-order chi connectivity index (χ1) is 9.19. The molecule has 0 bridgehead atoms. The molecule has 0 aromatic heterocycles. The van der Waals surface area contributed by atoms with Crippen molar-refractivity contribution in [3.8, 4) is 6.07 Å². The fraction of sp³-hybridized carbons (Fsp3) is 0.600. The minimum atomic E-state index is -0.466. The zero-order valence-electron chi connectivity index (χ0n) is 11.4. The summed E-state index contributed by atoms with van der Waals surface area (Å²) in [6, 6.07) is 2.20. The van der Waals surface area contributed by atoms with Crippen molar-refractivity contribution in [2.24, 2.45) is 11.7 Å². The van der Waals surface area contributed by atoms with Gasteiger partial charge in [0.15, 0.2) is 0 Å². The molecule has 19 heavy (non-hydrogen) atoms. The summed E-state index contributed by atoms with van der Waals surface area (Å²) in [5.41, 5.74) is 9.31. The van der Waals surface area contributed by atoms with Gasteiger partial charge >= 0.3 is 5.97 Å². The van der Waals surface area contributed by atoms with Crippen LogP contribution >= 0.6 is 0 Å².